The summed E-state index contributed by atoms with van der Waals surface area (Å²) in [6, 6.07) is 8.21. The van der Waals surface area contributed by atoms with Crippen LogP contribution in [0.1, 0.15) is 5.56 Å². The average Bonchev–Trinajstić information content (AvgIpc) is 2.81. The zero-order valence-corrected chi connectivity index (χ0v) is 13.3. The van der Waals surface area contributed by atoms with E-state index in [2.05, 4.69) is 9.71 Å². The Morgan fingerprint density at radius 1 is 1.32 bits per heavy atom. The molecule has 0 amide bonds. The third-order valence-electron chi connectivity index (χ3n) is 3.26. The smallest absolute Gasteiger partial charge is 0.302 e. The summed E-state index contributed by atoms with van der Waals surface area (Å²) in [6.07, 6.45) is 3.23. The predicted octanol–water partition coefficient (Wildman–Crippen LogP) is 1.47. The summed E-state index contributed by atoms with van der Waals surface area (Å²) < 4.78 is 29.3. The number of aryl methyl sites for hydroxylation is 1. The van der Waals surface area contributed by atoms with Crippen molar-refractivity contribution in [3.63, 3.8) is 0 Å². The van der Waals surface area contributed by atoms with Gasteiger partial charge in [0.05, 0.1) is 15.1 Å². The van der Waals surface area contributed by atoms with Crippen LogP contribution < -0.4 is 9.60 Å². The van der Waals surface area contributed by atoms with Crippen molar-refractivity contribution in [1.82, 2.24) is 14.3 Å². The number of hydrogen-bond acceptors (Lipinski definition) is 5. The number of nitrogens with zero attached hydrogens (tertiary/aromatic N) is 2. The topological polar surface area (TPSA) is 81.1 Å². The Labute approximate surface area is 131 Å². The van der Waals surface area contributed by atoms with E-state index in [1.54, 1.807) is 37.6 Å². The van der Waals surface area contributed by atoms with Crippen LogP contribution in [-0.2, 0) is 23.6 Å². The van der Waals surface area contributed by atoms with Crippen LogP contribution in [-0.4, -0.2) is 18.0 Å². The fourth-order valence-corrected chi connectivity index (χ4v) is 4.08. The number of rotatable bonds is 4. The van der Waals surface area contributed by atoms with Crippen LogP contribution in [0.2, 0.25) is 0 Å². The van der Waals surface area contributed by atoms with Crippen molar-refractivity contribution in [2.45, 2.75) is 11.4 Å². The third-order valence-corrected chi connectivity index (χ3v) is 5.66. The van der Waals surface area contributed by atoms with Gasteiger partial charge in [0, 0.05) is 26.0 Å². The molecule has 0 saturated heterocycles. The van der Waals surface area contributed by atoms with E-state index in [0.717, 1.165) is 22.4 Å². The van der Waals surface area contributed by atoms with Gasteiger partial charge in [0.25, 0.3) is 0 Å². The molecule has 1 aromatic carbocycles. The SMILES string of the molecule is Cn1c(=O)sc2cc(S(=O)(=O)NCc3cccnc3)ccc21. The van der Waals surface area contributed by atoms with Crippen LogP contribution >= 0.6 is 11.3 Å². The number of sulfonamides is 1. The lowest BCUT2D eigenvalue weighted by atomic mass is 10.3. The molecule has 6 nitrogen and oxygen atoms in total. The average molecular weight is 335 g/mol. The van der Waals surface area contributed by atoms with Crippen molar-refractivity contribution in [1.29, 1.82) is 0 Å². The Morgan fingerprint density at radius 2 is 2.14 bits per heavy atom. The second-order valence-electron chi connectivity index (χ2n) is 4.74. The molecular formula is C14H13N3O3S2. The van der Waals surface area contributed by atoms with Crippen LogP contribution in [0.4, 0.5) is 0 Å². The van der Waals surface area contributed by atoms with Crippen LogP contribution in [0, 0.1) is 0 Å². The van der Waals surface area contributed by atoms with Crippen LogP contribution in [0.3, 0.4) is 0 Å². The van der Waals surface area contributed by atoms with Crippen molar-refractivity contribution >= 4 is 31.6 Å². The first-order valence-electron chi connectivity index (χ1n) is 6.45. The van der Waals surface area contributed by atoms with E-state index in [4.69, 9.17) is 0 Å². The second kappa shape index (κ2) is 5.64. The van der Waals surface area contributed by atoms with Crippen molar-refractivity contribution in [2.24, 2.45) is 7.05 Å². The van der Waals surface area contributed by atoms with Gasteiger partial charge in [-0.1, -0.05) is 17.4 Å². The number of fused-ring (bicyclic) bond motifs is 1. The first-order valence-corrected chi connectivity index (χ1v) is 8.75. The molecule has 0 atom stereocenters. The Bertz CT molecular complexity index is 975. The zero-order valence-electron chi connectivity index (χ0n) is 11.7. The van der Waals surface area contributed by atoms with Crippen molar-refractivity contribution in [3.8, 4) is 0 Å². The predicted molar refractivity (Wildman–Crippen MR) is 85.3 cm³/mol. The van der Waals surface area contributed by atoms with Gasteiger partial charge in [-0.25, -0.2) is 13.1 Å². The molecule has 8 heteroatoms. The molecule has 3 aromatic rings. The van der Waals surface area contributed by atoms with Crippen LogP contribution in [0.5, 0.6) is 0 Å². The van der Waals surface area contributed by atoms with E-state index in [1.807, 2.05) is 0 Å². The number of thiazole rings is 1. The molecule has 0 fully saturated rings. The fraction of sp³-hybridized carbons (Fsp3) is 0.143. The van der Waals surface area contributed by atoms with Crippen LogP contribution in [0.25, 0.3) is 10.2 Å². The molecule has 0 unspecified atom stereocenters. The van der Waals surface area contributed by atoms with E-state index in [1.165, 1.54) is 16.7 Å². The minimum Gasteiger partial charge on any atom is -0.302 e. The molecule has 0 saturated carbocycles. The second-order valence-corrected chi connectivity index (χ2v) is 7.50. The van der Waals surface area contributed by atoms with Gasteiger partial charge in [-0.15, -0.1) is 0 Å². The van der Waals surface area contributed by atoms with Gasteiger partial charge in [0.1, 0.15) is 0 Å². The quantitative estimate of drug-likeness (QED) is 0.783. The molecule has 0 aliphatic rings. The number of hydrogen-bond donors (Lipinski definition) is 1. The zero-order chi connectivity index (χ0) is 15.7. The summed E-state index contributed by atoms with van der Waals surface area (Å²) in [6.45, 7) is 0.166. The van der Waals surface area contributed by atoms with Gasteiger partial charge in [-0.05, 0) is 29.8 Å². The molecule has 0 aliphatic carbocycles. The van der Waals surface area contributed by atoms with Crippen molar-refractivity contribution < 1.29 is 8.42 Å². The molecule has 2 aromatic heterocycles. The van der Waals surface area contributed by atoms with Gasteiger partial charge in [0.2, 0.25) is 10.0 Å². The van der Waals surface area contributed by atoms with Gasteiger partial charge in [0.15, 0.2) is 0 Å². The van der Waals surface area contributed by atoms with E-state index in [9.17, 15) is 13.2 Å². The first kappa shape index (κ1) is 14.9. The van der Waals surface area contributed by atoms with Gasteiger partial charge in [-0.2, -0.15) is 0 Å². The first-order chi connectivity index (χ1) is 10.5. The monoisotopic (exact) mass is 335 g/mol. The van der Waals surface area contributed by atoms with E-state index >= 15 is 0 Å². The van der Waals surface area contributed by atoms with Gasteiger partial charge < -0.3 is 4.57 Å². The highest BCUT2D eigenvalue weighted by atomic mass is 32.2. The number of benzene rings is 1. The summed E-state index contributed by atoms with van der Waals surface area (Å²) in [5, 5.41) is 0. The molecule has 2 heterocycles. The number of aromatic nitrogens is 2. The van der Waals surface area contributed by atoms with Gasteiger partial charge in [-0.3, -0.25) is 9.78 Å². The summed E-state index contributed by atoms with van der Waals surface area (Å²) in [5.74, 6) is 0. The minimum atomic E-state index is -3.64. The van der Waals surface area contributed by atoms with Crippen molar-refractivity contribution in [2.75, 3.05) is 0 Å². The normalized spacial score (nSPS) is 11.9. The summed E-state index contributed by atoms with van der Waals surface area (Å²) in [4.78, 5) is 15.6. The standard InChI is InChI=1S/C14H13N3O3S2/c1-17-12-5-4-11(7-13(12)21-14(17)18)22(19,20)16-9-10-3-2-6-15-8-10/h2-8,16H,9H2,1H3. The van der Waals surface area contributed by atoms with Crippen molar-refractivity contribution in [3.05, 3.63) is 58.0 Å². The Kier molecular flexibility index (Phi) is 3.81. The Balaban J connectivity index is 1.90. The van der Waals surface area contributed by atoms with E-state index in [-0.39, 0.29) is 16.3 Å². The number of pyridine rings is 1. The third kappa shape index (κ3) is 2.80. The fourth-order valence-electron chi connectivity index (χ4n) is 2.05. The molecule has 114 valence electrons. The Hall–Kier alpha value is -2.03. The maximum atomic E-state index is 12.3. The number of nitrogens with one attached hydrogen (secondary N) is 1. The largest absolute Gasteiger partial charge is 0.307 e. The van der Waals surface area contributed by atoms with E-state index in [0.29, 0.717) is 4.70 Å². The maximum absolute atomic E-state index is 12.3. The maximum Gasteiger partial charge on any atom is 0.307 e. The molecule has 0 spiro atoms. The summed E-state index contributed by atoms with van der Waals surface area (Å²) in [5.41, 5.74) is 1.50. The highest BCUT2D eigenvalue weighted by molar-refractivity contribution is 7.89. The lowest BCUT2D eigenvalue weighted by Gasteiger charge is -2.07. The van der Waals surface area contributed by atoms with Gasteiger partial charge >= 0.3 is 4.87 Å². The highest BCUT2D eigenvalue weighted by Crippen LogP contribution is 2.21. The van der Waals surface area contributed by atoms with E-state index < -0.39 is 10.0 Å². The molecule has 0 aliphatic heterocycles. The molecule has 0 radical (unpaired) electrons. The molecule has 0 bridgehead atoms. The molecule has 3 rings (SSSR count). The molecular weight excluding hydrogens is 322 g/mol. The Morgan fingerprint density at radius 3 is 2.86 bits per heavy atom. The lowest BCUT2D eigenvalue weighted by Crippen LogP contribution is -2.23. The summed E-state index contributed by atoms with van der Waals surface area (Å²) >= 11 is 1.03. The minimum absolute atomic E-state index is 0.118. The summed E-state index contributed by atoms with van der Waals surface area (Å²) in [7, 11) is -1.97. The molecule has 22 heavy (non-hydrogen) atoms. The van der Waals surface area contributed by atoms with Crippen LogP contribution in [0.15, 0.2) is 52.4 Å². The highest BCUT2D eigenvalue weighted by Gasteiger charge is 2.15. The molecule has 1 N–H and O–H groups in total. The lowest BCUT2D eigenvalue weighted by molar-refractivity contribution is 0.581.